The van der Waals surface area contributed by atoms with E-state index in [1.54, 1.807) is 24.4 Å². The molecule has 3 aromatic rings. The maximum absolute atomic E-state index is 13.1. The molecular formula is C22H21Cl2N3O3. The third-order valence-electron chi connectivity index (χ3n) is 5.55. The lowest BCUT2D eigenvalue weighted by Crippen LogP contribution is -2.39. The van der Waals surface area contributed by atoms with Crippen LogP contribution in [0.3, 0.4) is 0 Å². The van der Waals surface area contributed by atoms with Crippen molar-refractivity contribution in [1.29, 1.82) is 0 Å². The number of pyridine rings is 1. The zero-order valence-electron chi connectivity index (χ0n) is 16.2. The molecule has 0 bridgehead atoms. The number of benzene rings is 1. The van der Waals surface area contributed by atoms with Gasteiger partial charge in [0.05, 0.1) is 22.8 Å². The molecule has 1 N–H and O–H groups in total. The Kier molecular flexibility index (Phi) is 5.97. The highest BCUT2D eigenvalue weighted by molar-refractivity contribution is 6.30. The fraction of sp³-hybridized carbons (Fsp3) is 0.318. The van der Waals surface area contributed by atoms with Gasteiger partial charge in [0.2, 0.25) is 5.91 Å². The van der Waals surface area contributed by atoms with Gasteiger partial charge in [0.25, 0.3) is 0 Å². The van der Waals surface area contributed by atoms with Crippen LogP contribution in [0.2, 0.25) is 10.0 Å². The molecule has 1 aliphatic heterocycles. The highest BCUT2D eigenvalue weighted by atomic mass is 35.5. The van der Waals surface area contributed by atoms with Crippen molar-refractivity contribution in [1.82, 2.24) is 14.3 Å². The number of likely N-dealkylation sites (tertiary alicyclic amines) is 1. The van der Waals surface area contributed by atoms with Crippen LogP contribution in [0.1, 0.15) is 25.0 Å². The molecule has 0 atom stereocenters. The van der Waals surface area contributed by atoms with E-state index in [-0.39, 0.29) is 24.7 Å². The standard InChI is InChI=1S/C22H21Cl2N3O3/c23-16-3-1-15(2-4-16)22-18(27-13-17(24)5-6-19(27)25-22)12-20(28)26-9-7-14(8-10-26)11-21(29)30/h1-6,13-14H,7-12H2,(H,29,30). The Labute approximate surface area is 184 Å². The Balaban J connectivity index is 1.60. The number of halogens is 2. The summed E-state index contributed by atoms with van der Waals surface area (Å²) in [5.74, 6) is -0.651. The molecule has 30 heavy (non-hydrogen) atoms. The van der Waals surface area contributed by atoms with Gasteiger partial charge in [0, 0.05) is 36.3 Å². The highest BCUT2D eigenvalue weighted by Crippen LogP contribution is 2.28. The number of carbonyl (C=O) groups is 2. The normalized spacial score (nSPS) is 14.9. The van der Waals surface area contributed by atoms with Crippen LogP contribution in [-0.4, -0.2) is 44.4 Å². The van der Waals surface area contributed by atoms with E-state index in [9.17, 15) is 9.59 Å². The number of amides is 1. The first kappa shape index (κ1) is 20.7. The lowest BCUT2D eigenvalue weighted by molar-refractivity contribution is -0.138. The zero-order chi connectivity index (χ0) is 21.3. The van der Waals surface area contributed by atoms with Gasteiger partial charge in [0.15, 0.2) is 0 Å². The second-order valence-corrected chi connectivity index (χ2v) is 8.46. The summed E-state index contributed by atoms with van der Waals surface area (Å²) in [4.78, 5) is 30.5. The van der Waals surface area contributed by atoms with Crippen molar-refractivity contribution < 1.29 is 14.7 Å². The largest absolute Gasteiger partial charge is 0.481 e. The first-order valence-corrected chi connectivity index (χ1v) is 10.6. The minimum Gasteiger partial charge on any atom is -0.481 e. The summed E-state index contributed by atoms with van der Waals surface area (Å²) < 4.78 is 1.86. The quantitative estimate of drug-likeness (QED) is 0.624. The highest BCUT2D eigenvalue weighted by Gasteiger charge is 2.26. The van der Waals surface area contributed by atoms with E-state index in [4.69, 9.17) is 33.3 Å². The van der Waals surface area contributed by atoms with Crippen LogP contribution in [0.15, 0.2) is 42.6 Å². The van der Waals surface area contributed by atoms with Gasteiger partial charge in [-0.2, -0.15) is 0 Å². The zero-order valence-corrected chi connectivity index (χ0v) is 17.7. The molecule has 0 unspecified atom stereocenters. The first-order chi connectivity index (χ1) is 14.4. The predicted octanol–water partition coefficient (Wildman–Crippen LogP) is 4.56. The van der Waals surface area contributed by atoms with Gasteiger partial charge < -0.3 is 14.4 Å². The van der Waals surface area contributed by atoms with E-state index in [0.717, 1.165) is 17.0 Å². The van der Waals surface area contributed by atoms with Gasteiger partial charge in [-0.05, 0) is 43.0 Å². The lowest BCUT2D eigenvalue weighted by atomic mass is 9.93. The second-order valence-electron chi connectivity index (χ2n) is 7.59. The molecule has 3 heterocycles. The van der Waals surface area contributed by atoms with Crippen molar-refractivity contribution in [2.75, 3.05) is 13.1 Å². The summed E-state index contributed by atoms with van der Waals surface area (Å²) in [5.41, 5.74) is 3.09. The maximum Gasteiger partial charge on any atom is 0.303 e. The van der Waals surface area contributed by atoms with E-state index in [2.05, 4.69) is 0 Å². The molecule has 4 rings (SSSR count). The summed E-state index contributed by atoms with van der Waals surface area (Å²) in [6.45, 7) is 1.15. The number of aliphatic carboxylic acids is 1. The molecule has 8 heteroatoms. The Morgan fingerprint density at radius 3 is 2.37 bits per heavy atom. The average molecular weight is 446 g/mol. The van der Waals surface area contributed by atoms with Crippen molar-refractivity contribution in [3.8, 4) is 11.3 Å². The SMILES string of the molecule is O=C(O)CC1CCN(C(=O)Cc2c(-c3ccc(Cl)cc3)nc3ccc(Cl)cn23)CC1. The number of aromatic nitrogens is 2. The van der Waals surface area contributed by atoms with Gasteiger partial charge in [-0.25, -0.2) is 4.98 Å². The number of piperidine rings is 1. The molecule has 6 nitrogen and oxygen atoms in total. The van der Waals surface area contributed by atoms with Gasteiger partial charge in [-0.1, -0.05) is 35.3 Å². The molecule has 156 valence electrons. The minimum absolute atomic E-state index is 0.000707. The third kappa shape index (κ3) is 4.45. The Bertz CT molecular complexity index is 1090. The summed E-state index contributed by atoms with van der Waals surface area (Å²) in [6.07, 6.45) is 3.53. The fourth-order valence-corrected chi connectivity index (χ4v) is 4.25. The monoisotopic (exact) mass is 445 g/mol. The second kappa shape index (κ2) is 8.66. The third-order valence-corrected chi connectivity index (χ3v) is 6.02. The van der Waals surface area contributed by atoms with Crippen LogP contribution in [0.5, 0.6) is 0 Å². The summed E-state index contributed by atoms with van der Waals surface area (Å²) >= 11 is 12.2. The van der Waals surface area contributed by atoms with E-state index in [1.165, 1.54) is 0 Å². The Morgan fingerprint density at radius 2 is 1.70 bits per heavy atom. The summed E-state index contributed by atoms with van der Waals surface area (Å²) in [5, 5.41) is 10.2. The molecule has 1 amide bonds. The summed E-state index contributed by atoms with van der Waals surface area (Å²) in [6, 6.07) is 11.0. The molecular weight excluding hydrogens is 425 g/mol. The number of hydrogen-bond acceptors (Lipinski definition) is 3. The van der Waals surface area contributed by atoms with Crippen LogP contribution in [0, 0.1) is 5.92 Å². The summed E-state index contributed by atoms with van der Waals surface area (Å²) in [7, 11) is 0. The maximum atomic E-state index is 13.1. The predicted molar refractivity (Wildman–Crippen MR) is 116 cm³/mol. The number of fused-ring (bicyclic) bond motifs is 1. The van der Waals surface area contributed by atoms with Crippen LogP contribution < -0.4 is 0 Å². The number of nitrogens with zero attached hydrogens (tertiary/aromatic N) is 3. The van der Waals surface area contributed by atoms with Gasteiger partial charge in [-0.15, -0.1) is 0 Å². The molecule has 1 saturated heterocycles. The molecule has 2 aromatic heterocycles. The van der Waals surface area contributed by atoms with Crippen LogP contribution in [0.25, 0.3) is 16.9 Å². The van der Waals surface area contributed by atoms with Gasteiger partial charge in [-0.3, -0.25) is 9.59 Å². The number of imidazole rings is 1. The van der Waals surface area contributed by atoms with Crippen molar-refractivity contribution in [2.24, 2.45) is 5.92 Å². The molecule has 0 spiro atoms. The van der Waals surface area contributed by atoms with Crippen molar-refractivity contribution in [3.05, 3.63) is 58.3 Å². The van der Waals surface area contributed by atoms with Crippen LogP contribution in [0.4, 0.5) is 0 Å². The molecule has 1 aliphatic rings. The average Bonchev–Trinajstić information content (AvgIpc) is 3.06. The molecule has 0 saturated carbocycles. The Hall–Kier alpha value is -2.57. The smallest absolute Gasteiger partial charge is 0.303 e. The topological polar surface area (TPSA) is 74.9 Å². The van der Waals surface area contributed by atoms with Gasteiger partial charge in [0.1, 0.15) is 5.65 Å². The molecule has 1 aromatic carbocycles. The molecule has 0 aliphatic carbocycles. The van der Waals surface area contributed by atoms with E-state index in [0.29, 0.717) is 41.6 Å². The minimum atomic E-state index is -0.782. The lowest BCUT2D eigenvalue weighted by Gasteiger charge is -2.31. The van der Waals surface area contributed by atoms with Crippen LogP contribution in [-0.2, 0) is 16.0 Å². The number of carbonyl (C=O) groups excluding carboxylic acids is 1. The number of rotatable bonds is 5. The van der Waals surface area contributed by atoms with Crippen LogP contribution >= 0.6 is 23.2 Å². The van der Waals surface area contributed by atoms with E-state index < -0.39 is 5.97 Å². The van der Waals surface area contributed by atoms with E-state index in [1.807, 2.05) is 27.5 Å². The van der Waals surface area contributed by atoms with Crippen molar-refractivity contribution in [2.45, 2.75) is 25.7 Å². The first-order valence-electron chi connectivity index (χ1n) is 9.82. The van der Waals surface area contributed by atoms with E-state index >= 15 is 0 Å². The molecule has 0 radical (unpaired) electrons. The number of carboxylic acids is 1. The number of hydrogen-bond donors (Lipinski definition) is 1. The molecule has 1 fully saturated rings. The fourth-order valence-electron chi connectivity index (χ4n) is 3.96. The Morgan fingerprint density at radius 1 is 1.03 bits per heavy atom. The number of carboxylic acid groups (broad SMARTS) is 1. The van der Waals surface area contributed by atoms with Crippen molar-refractivity contribution >= 4 is 40.7 Å². The van der Waals surface area contributed by atoms with Gasteiger partial charge >= 0.3 is 5.97 Å². The van der Waals surface area contributed by atoms with Crippen molar-refractivity contribution in [3.63, 3.8) is 0 Å².